The lowest BCUT2D eigenvalue weighted by molar-refractivity contribution is -0.151. The summed E-state index contributed by atoms with van der Waals surface area (Å²) in [5.74, 6) is 0. The smallest absolute Gasteiger partial charge is 0.240 e. The van der Waals surface area contributed by atoms with E-state index in [0.29, 0.717) is 24.6 Å². The third-order valence-electron chi connectivity index (χ3n) is 3.68. The van der Waals surface area contributed by atoms with Crippen LogP contribution in [0.2, 0.25) is 0 Å². The quantitative estimate of drug-likeness (QED) is 0.803. The largest absolute Gasteiger partial charge is 0.382 e. The Labute approximate surface area is 138 Å². The molecule has 0 radical (unpaired) electrons. The molecule has 0 aliphatic carbocycles. The molecule has 130 valence electrons. The van der Waals surface area contributed by atoms with Crippen molar-refractivity contribution in [1.29, 1.82) is 0 Å². The highest BCUT2D eigenvalue weighted by Gasteiger charge is 2.33. The molecule has 0 amide bonds. The predicted octanol–water partition coefficient (Wildman–Crippen LogP) is 1.09. The minimum atomic E-state index is -3.45. The van der Waals surface area contributed by atoms with Gasteiger partial charge < -0.3 is 9.47 Å². The first-order valence-electron chi connectivity index (χ1n) is 7.76. The van der Waals surface area contributed by atoms with Crippen molar-refractivity contribution in [2.24, 2.45) is 0 Å². The zero-order valence-corrected chi connectivity index (χ0v) is 14.8. The standard InChI is InChI=1S/C16H26N2O4S/c1-16(2)13-18(11-14(22-16)12-21-3)10-9-17-23(19,20)15-7-5-4-6-8-15/h4-8,14,17H,9-13H2,1-3H3/t14-/m0/s1. The van der Waals surface area contributed by atoms with Gasteiger partial charge in [0.25, 0.3) is 0 Å². The summed E-state index contributed by atoms with van der Waals surface area (Å²) in [7, 11) is -1.79. The average Bonchev–Trinajstić information content (AvgIpc) is 2.47. The fraction of sp³-hybridized carbons (Fsp3) is 0.625. The van der Waals surface area contributed by atoms with Crippen LogP contribution in [0.25, 0.3) is 0 Å². The van der Waals surface area contributed by atoms with E-state index >= 15 is 0 Å². The van der Waals surface area contributed by atoms with Crippen LogP contribution in [0.1, 0.15) is 13.8 Å². The normalized spacial score (nSPS) is 22.1. The van der Waals surface area contributed by atoms with Gasteiger partial charge >= 0.3 is 0 Å². The molecule has 0 bridgehead atoms. The van der Waals surface area contributed by atoms with Gasteiger partial charge in [-0.05, 0) is 26.0 Å². The molecule has 0 aromatic heterocycles. The zero-order chi connectivity index (χ0) is 16.9. The Kier molecular flexibility index (Phi) is 6.16. The van der Waals surface area contributed by atoms with Crippen molar-refractivity contribution in [3.63, 3.8) is 0 Å². The molecule has 1 fully saturated rings. The van der Waals surface area contributed by atoms with Gasteiger partial charge in [-0.15, -0.1) is 0 Å². The first kappa shape index (κ1) is 18.4. The summed E-state index contributed by atoms with van der Waals surface area (Å²) in [6.45, 7) is 7.12. The van der Waals surface area contributed by atoms with E-state index in [9.17, 15) is 8.42 Å². The number of benzene rings is 1. The van der Waals surface area contributed by atoms with E-state index in [1.54, 1.807) is 37.4 Å². The predicted molar refractivity (Wildman–Crippen MR) is 88.9 cm³/mol. The van der Waals surface area contributed by atoms with Crippen LogP contribution < -0.4 is 4.72 Å². The molecule has 1 atom stereocenters. The lowest BCUT2D eigenvalue weighted by Gasteiger charge is -2.42. The third kappa shape index (κ3) is 5.54. The maximum absolute atomic E-state index is 12.2. The Morgan fingerprint density at radius 1 is 1.35 bits per heavy atom. The van der Waals surface area contributed by atoms with Crippen molar-refractivity contribution in [3.8, 4) is 0 Å². The van der Waals surface area contributed by atoms with E-state index in [1.807, 2.05) is 13.8 Å². The number of sulfonamides is 1. The molecule has 1 aliphatic heterocycles. The second kappa shape index (κ2) is 7.72. The fourth-order valence-corrected chi connectivity index (χ4v) is 3.92. The molecule has 6 nitrogen and oxygen atoms in total. The number of hydrogen-bond acceptors (Lipinski definition) is 5. The van der Waals surface area contributed by atoms with Crippen LogP contribution in [0, 0.1) is 0 Å². The number of rotatable bonds is 7. The molecule has 1 aromatic carbocycles. The van der Waals surface area contributed by atoms with E-state index < -0.39 is 10.0 Å². The first-order chi connectivity index (χ1) is 10.8. The van der Waals surface area contributed by atoms with Crippen molar-refractivity contribution < 1.29 is 17.9 Å². The van der Waals surface area contributed by atoms with Crippen molar-refractivity contribution in [2.45, 2.75) is 30.4 Å². The summed E-state index contributed by atoms with van der Waals surface area (Å²) in [5, 5.41) is 0. The van der Waals surface area contributed by atoms with E-state index in [2.05, 4.69) is 9.62 Å². The molecule has 23 heavy (non-hydrogen) atoms. The number of methoxy groups -OCH3 is 1. The summed E-state index contributed by atoms with van der Waals surface area (Å²) in [5.41, 5.74) is -0.264. The SMILES string of the molecule is COC[C@@H]1CN(CCNS(=O)(=O)c2ccccc2)CC(C)(C)O1. The highest BCUT2D eigenvalue weighted by Crippen LogP contribution is 2.20. The summed E-state index contributed by atoms with van der Waals surface area (Å²) in [4.78, 5) is 2.50. The molecule has 1 aromatic rings. The van der Waals surface area contributed by atoms with Crippen LogP contribution >= 0.6 is 0 Å². The monoisotopic (exact) mass is 342 g/mol. The Bertz CT molecular complexity index is 589. The number of morpholine rings is 1. The molecule has 0 saturated carbocycles. The lowest BCUT2D eigenvalue weighted by Crippen LogP contribution is -2.55. The van der Waals surface area contributed by atoms with Crippen LogP contribution in [0.5, 0.6) is 0 Å². The molecule has 1 heterocycles. The molecule has 1 N–H and O–H groups in total. The molecule has 2 rings (SSSR count). The van der Waals surface area contributed by atoms with Gasteiger partial charge in [0.2, 0.25) is 10.0 Å². The number of nitrogens with one attached hydrogen (secondary N) is 1. The molecule has 0 unspecified atom stereocenters. The average molecular weight is 342 g/mol. The highest BCUT2D eigenvalue weighted by molar-refractivity contribution is 7.89. The summed E-state index contributed by atoms with van der Waals surface area (Å²) < 4.78 is 38.2. The van der Waals surface area contributed by atoms with E-state index in [-0.39, 0.29) is 11.7 Å². The van der Waals surface area contributed by atoms with E-state index in [1.165, 1.54) is 0 Å². The number of nitrogens with zero attached hydrogens (tertiary/aromatic N) is 1. The molecule has 1 aliphatic rings. The molecular weight excluding hydrogens is 316 g/mol. The summed E-state index contributed by atoms with van der Waals surface area (Å²) >= 11 is 0. The highest BCUT2D eigenvalue weighted by atomic mass is 32.2. The second-order valence-corrected chi connectivity index (χ2v) is 8.17. The lowest BCUT2D eigenvalue weighted by atomic mass is 10.1. The van der Waals surface area contributed by atoms with Gasteiger partial charge in [-0.2, -0.15) is 0 Å². The van der Waals surface area contributed by atoms with Crippen LogP contribution in [-0.2, 0) is 19.5 Å². The fourth-order valence-electron chi connectivity index (χ4n) is 2.88. The summed E-state index contributed by atoms with van der Waals surface area (Å²) in [6.07, 6.45) is 0.00878. The van der Waals surface area contributed by atoms with Crippen LogP contribution in [-0.4, -0.2) is 64.9 Å². The Morgan fingerprint density at radius 3 is 2.70 bits per heavy atom. The Hall–Kier alpha value is -0.990. The maximum atomic E-state index is 12.2. The second-order valence-electron chi connectivity index (χ2n) is 6.40. The van der Waals surface area contributed by atoms with Crippen molar-refractivity contribution in [3.05, 3.63) is 30.3 Å². The molecular formula is C16H26N2O4S. The number of ether oxygens (including phenoxy) is 2. The van der Waals surface area contributed by atoms with E-state index in [0.717, 1.165) is 13.1 Å². The van der Waals surface area contributed by atoms with Gasteiger partial charge in [-0.1, -0.05) is 18.2 Å². The first-order valence-corrected chi connectivity index (χ1v) is 9.24. The molecule has 0 spiro atoms. The van der Waals surface area contributed by atoms with Gasteiger partial charge in [0.1, 0.15) is 0 Å². The van der Waals surface area contributed by atoms with Crippen LogP contribution in [0.3, 0.4) is 0 Å². The van der Waals surface area contributed by atoms with E-state index in [4.69, 9.17) is 9.47 Å². The van der Waals surface area contributed by atoms with Gasteiger partial charge in [-0.3, -0.25) is 4.90 Å². The molecule has 7 heteroatoms. The van der Waals surface area contributed by atoms with Crippen molar-refractivity contribution in [1.82, 2.24) is 9.62 Å². The van der Waals surface area contributed by atoms with Gasteiger partial charge in [0, 0.05) is 33.3 Å². The van der Waals surface area contributed by atoms with Gasteiger partial charge in [0.15, 0.2) is 0 Å². The van der Waals surface area contributed by atoms with Gasteiger partial charge in [0.05, 0.1) is 23.2 Å². The molecule has 1 saturated heterocycles. The van der Waals surface area contributed by atoms with Crippen molar-refractivity contribution in [2.75, 3.05) is 39.9 Å². The zero-order valence-electron chi connectivity index (χ0n) is 14.0. The minimum absolute atomic E-state index is 0.00878. The maximum Gasteiger partial charge on any atom is 0.240 e. The van der Waals surface area contributed by atoms with Crippen LogP contribution in [0.15, 0.2) is 35.2 Å². The van der Waals surface area contributed by atoms with Crippen molar-refractivity contribution >= 4 is 10.0 Å². The number of hydrogen-bond donors (Lipinski definition) is 1. The van der Waals surface area contributed by atoms with Gasteiger partial charge in [-0.25, -0.2) is 13.1 Å². The third-order valence-corrected chi connectivity index (χ3v) is 5.16. The van der Waals surface area contributed by atoms with Crippen LogP contribution in [0.4, 0.5) is 0 Å². The Balaban J connectivity index is 1.88. The summed E-state index contributed by atoms with van der Waals surface area (Å²) in [6, 6.07) is 8.41. The minimum Gasteiger partial charge on any atom is -0.382 e. The topological polar surface area (TPSA) is 67.9 Å². The Morgan fingerprint density at radius 2 is 2.04 bits per heavy atom.